The molecule has 0 aromatic heterocycles. The molecule has 3 N–H and O–H groups in total. The number of phenols is 2. The topological polar surface area (TPSA) is 78.8 Å². The molecule has 2 aromatic rings. The third-order valence-corrected chi connectivity index (χ3v) is 5.36. The molecule has 170 valence electrons. The highest BCUT2D eigenvalue weighted by Gasteiger charge is 2.26. The molecule has 1 amide bonds. The lowest BCUT2D eigenvalue weighted by molar-refractivity contribution is -0.121. The Hall–Kier alpha value is -2.53. The van der Waals surface area contributed by atoms with Gasteiger partial charge in [-0.3, -0.25) is 4.79 Å². The van der Waals surface area contributed by atoms with Crippen molar-refractivity contribution in [3.8, 4) is 11.5 Å². The van der Waals surface area contributed by atoms with Gasteiger partial charge in [-0.1, -0.05) is 59.7 Å². The van der Waals surface area contributed by atoms with E-state index >= 15 is 0 Å². The van der Waals surface area contributed by atoms with Gasteiger partial charge in [0.25, 0.3) is 0 Å². The molecule has 2 aromatic carbocycles. The van der Waals surface area contributed by atoms with E-state index < -0.39 is 0 Å². The van der Waals surface area contributed by atoms with Crippen molar-refractivity contribution in [1.29, 1.82) is 0 Å². The van der Waals surface area contributed by atoms with Crippen LogP contribution >= 0.6 is 0 Å². The van der Waals surface area contributed by atoms with Gasteiger partial charge in [-0.05, 0) is 51.6 Å². The number of carbonyl (C=O) groups excluding carboxylic acids is 1. The van der Waals surface area contributed by atoms with Gasteiger partial charge in [-0.2, -0.15) is 0 Å². The summed E-state index contributed by atoms with van der Waals surface area (Å²) in [6, 6.07) is 9.29. The predicted molar refractivity (Wildman–Crippen MR) is 124 cm³/mol. The maximum absolute atomic E-state index is 12.5. The van der Waals surface area contributed by atoms with Crippen molar-refractivity contribution in [3.05, 3.63) is 58.1 Å². The van der Waals surface area contributed by atoms with Gasteiger partial charge in [0.2, 0.25) is 5.91 Å². The van der Waals surface area contributed by atoms with Crippen molar-refractivity contribution in [3.63, 3.8) is 0 Å². The minimum absolute atomic E-state index is 0.0379. The Bertz CT molecular complexity index is 885. The van der Waals surface area contributed by atoms with Crippen LogP contribution in [0.15, 0.2) is 30.3 Å². The fourth-order valence-corrected chi connectivity index (χ4v) is 3.55. The summed E-state index contributed by atoms with van der Waals surface area (Å²) in [6.45, 7) is 13.2. The van der Waals surface area contributed by atoms with E-state index in [2.05, 4.69) is 46.9 Å². The number of rotatable bonds is 7. The van der Waals surface area contributed by atoms with Crippen molar-refractivity contribution in [2.24, 2.45) is 0 Å². The molecule has 0 saturated carbocycles. The molecule has 0 saturated heterocycles. The SMILES string of the molecule is COCc1cc(CNC(=O)CCc2cc(C(C)(C)C)c(O)c(C(C)(C)C)c2)ccc1O. The number of amides is 1. The number of carbonyl (C=O) groups is 1. The summed E-state index contributed by atoms with van der Waals surface area (Å²) in [5, 5.41) is 23.6. The summed E-state index contributed by atoms with van der Waals surface area (Å²) in [4.78, 5) is 12.5. The monoisotopic (exact) mass is 427 g/mol. The molecule has 0 heterocycles. The number of nitrogens with one attached hydrogen (secondary N) is 1. The summed E-state index contributed by atoms with van der Waals surface area (Å²) < 4.78 is 5.09. The summed E-state index contributed by atoms with van der Waals surface area (Å²) in [5.41, 5.74) is 4.09. The van der Waals surface area contributed by atoms with E-state index in [1.54, 1.807) is 19.2 Å². The van der Waals surface area contributed by atoms with Crippen molar-refractivity contribution < 1.29 is 19.7 Å². The van der Waals surface area contributed by atoms with Crippen LogP contribution in [0.2, 0.25) is 0 Å². The Kier molecular flexibility index (Phi) is 7.77. The highest BCUT2D eigenvalue weighted by atomic mass is 16.5. The van der Waals surface area contributed by atoms with Gasteiger partial charge >= 0.3 is 0 Å². The lowest BCUT2D eigenvalue weighted by Crippen LogP contribution is -2.23. The van der Waals surface area contributed by atoms with Gasteiger partial charge in [-0.15, -0.1) is 0 Å². The first-order valence-corrected chi connectivity index (χ1v) is 10.8. The zero-order valence-corrected chi connectivity index (χ0v) is 19.9. The maximum Gasteiger partial charge on any atom is 0.220 e. The van der Waals surface area contributed by atoms with Crippen LogP contribution < -0.4 is 5.32 Å². The van der Waals surface area contributed by atoms with Crippen LogP contribution in [0.5, 0.6) is 11.5 Å². The molecule has 0 aliphatic carbocycles. The molecule has 0 bridgehead atoms. The molecule has 0 atom stereocenters. The molecular formula is C26H37NO4. The third-order valence-electron chi connectivity index (χ3n) is 5.36. The quantitative estimate of drug-likeness (QED) is 0.575. The van der Waals surface area contributed by atoms with Crippen LogP contribution in [0.4, 0.5) is 0 Å². The van der Waals surface area contributed by atoms with Crippen molar-refractivity contribution >= 4 is 5.91 Å². The zero-order chi connectivity index (χ0) is 23.4. The molecule has 2 rings (SSSR count). The second-order valence-corrected chi connectivity index (χ2v) is 10.2. The van der Waals surface area contributed by atoms with Crippen LogP contribution in [0, 0.1) is 0 Å². The third kappa shape index (κ3) is 6.73. The summed E-state index contributed by atoms with van der Waals surface area (Å²) in [6.07, 6.45) is 0.962. The zero-order valence-electron chi connectivity index (χ0n) is 19.9. The summed E-state index contributed by atoms with van der Waals surface area (Å²) >= 11 is 0. The average Bonchev–Trinajstić information content (AvgIpc) is 2.66. The number of ether oxygens (including phenoxy) is 1. The van der Waals surface area contributed by atoms with E-state index in [9.17, 15) is 15.0 Å². The fourth-order valence-electron chi connectivity index (χ4n) is 3.55. The van der Waals surface area contributed by atoms with Crippen LogP contribution in [0.25, 0.3) is 0 Å². The van der Waals surface area contributed by atoms with Crippen molar-refractivity contribution in [1.82, 2.24) is 5.32 Å². The standard InChI is InChI=1S/C26H37NO4/c1-25(2,3)20-13-17(14-21(24(20)30)26(4,5)6)9-11-23(29)27-15-18-8-10-22(28)19(12-18)16-31-7/h8,10,12-14,28,30H,9,11,15-16H2,1-7H3,(H,27,29). The Morgan fingerprint density at radius 2 is 1.52 bits per heavy atom. The van der Waals surface area contributed by atoms with Crippen molar-refractivity contribution in [2.75, 3.05) is 7.11 Å². The number of phenolic OH excluding ortho intramolecular Hbond substituents is 2. The van der Waals surface area contributed by atoms with E-state index in [4.69, 9.17) is 4.74 Å². The number of aryl methyl sites for hydroxylation is 1. The lowest BCUT2D eigenvalue weighted by atomic mass is 9.78. The number of hydrogen-bond donors (Lipinski definition) is 3. The number of aromatic hydroxyl groups is 2. The normalized spacial score (nSPS) is 12.1. The van der Waals surface area contributed by atoms with Crippen LogP contribution in [0.1, 0.15) is 75.8 Å². The van der Waals surface area contributed by atoms with E-state index in [0.29, 0.717) is 37.3 Å². The molecular weight excluding hydrogens is 390 g/mol. The van der Waals surface area contributed by atoms with E-state index in [1.165, 1.54) is 0 Å². The Morgan fingerprint density at radius 3 is 2.03 bits per heavy atom. The number of hydrogen-bond acceptors (Lipinski definition) is 4. The van der Waals surface area contributed by atoms with E-state index in [-0.39, 0.29) is 22.5 Å². The second kappa shape index (κ2) is 9.73. The number of methoxy groups -OCH3 is 1. The molecule has 5 nitrogen and oxygen atoms in total. The predicted octanol–water partition coefficient (Wildman–Crippen LogP) is 5.09. The molecule has 0 spiro atoms. The maximum atomic E-state index is 12.5. The molecule has 0 aliphatic rings. The molecule has 5 heteroatoms. The largest absolute Gasteiger partial charge is 0.508 e. The van der Waals surface area contributed by atoms with Gasteiger partial charge in [0.05, 0.1) is 6.61 Å². The van der Waals surface area contributed by atoms with Gasteiger partial charge in [0, 0.05) is 25.6 Å². The van der Waals surface area contributed by atoms with E-state index in [1.807, 2.05) is 18.2 Å². The van der Waals surface area contributed by atoms with Crippen molar-refractivity contribution in [2.45, 2.75) is 78.4 Å². The Labute approximate surface area is 186 Å². The van der Waals surface area contributed by atoms with Crippen LogP contribution in [-0.2, 0) is 39.9 Å². The summed E-state index contributed by atoms with van der Waals surface area (Å²) in [7, 11) is 1.58. The van der Waals surface area contributed by atoms with Gasteiger partial charge < -0.3 is 20.3 Å². The molecule has 0 fully saturated rings. The van der Waals surface area contributed by atoms with Gasteiger partial charge in [0.15, 0.2) is 0 Å². The Morgan fingerprint density at radius 1 is 0.935 bits per heavy atom. The highest BCUT2D eigenvalue weighted by Crippen LogP contribution is 2.40. The van der Waals surface area contributed by atoms with E-state index in [0.717, 1.165) is 22.3 Å². The molecule has 31 heavy (non-hydrogen) atoms. The molecule has 0 radical (unpaired) electrons. The van der Waals surface area contributed by atoms with Gasteiger partial charge in [-0.25, -0.2) is 0 Å². The summed E-state index contributed by atoms with van der Waals surface area (Å²) in [5.74, 6) is 0.505. The number of benzene rings is 2. The van der Waals surface area contributed by atoms with Crippen LogP contribution in [0.3, 0.4) is 0 Å². The fraction of sp³-hybridized carbons (Fsp3) is 0.500. The first kappa shape index (κ1) is 24.7. The lowest BCUT2D eigenvalue weighted by Gasteiger charge is -2.28. The van der Waals surface area contributed by atoms with Gasteiger partial charge in [0.1, 0.15) is 11.5 Å². The second-order valence-electron chi connectivity index (χ2n) is 10.2. The molecule has 0 aliphatic heterocycles. The minimum atomic E-state index is -0.193. The first-order chi connectivity index (χ1) is 14.3. The van der Waals surface area contributed by atoms with Crippen LogP contribution in [-0.4, -0.2) is 23.2 Å². The average molecular weight is 428 g/mol. The molecule has 0 unspecified atom stereocenters. The first-order valence-electron chi connectivity index (χ1n) is 10.8. The minimum Gasteiger partial charge on any atom is -0.508 e. The smallest absolute Gasteiger partial charge is 0.220 e. The highest BCUT2D eigenvalue weighted by molar-refractivity contribution is 5.76. The Balaban J connectivity index is 2.09.